The normalized spacial score (nSPS) is 21.5. The molecule has 0 saturated carbocycles. The van der Waals surface area contributed by atoms with Crippen LogP contribution in [-0.2, 0) is 9.53 Å². The van der Waals surface area contributed by atoms with Crippen LogP contribution in [0.15, 0.2) is 30.5 Å². The fourth-order valence-electron chi connectivity index (χ4n) is 3.53. The van der Waals surface area contributed by atoms with Crippen molar-refractivity contribution in [3.05, 3.63) is 36.3 Å². The molecule has 4 rings (SSSR count). The molecule has 0 radical (unpaired) electrons. The van der Waals surface area contributed by atoms with E-state index in [1.54, 1.807) is 12.3 Å². The van der Waals surface area contributed by atoms with Gasteiger partial charge in [0.15, 0.2) is 0 Å². The van der Waals surface area contributed by atoms with Crippen molar-refractivity contribution in [1.82, 2.24) is 9.88 Å². The van der Waals surface area contributed by atoms with Gasteiger partial charge in [-0.3, -0.25) is 9.78 Å². The van der Waals surface area contributed by atoms with E-state index >= 15 is 0 Å². The number of halogens is 1. The predicted octanol–water partition coefficient (Wildman–Crippen LogP) is 2.20. The molecule has 0 N–H and O–H groups in total. The Balaban J connectivity index is 1.49. The summed E-state index contributed by atoms with van der Waals surface area (Å²) < 4.78 is 18.9. The molecule has 0 aliphatic carbocycles. The molecular formula is C18H20FN3O2. The number of ether oxygens (including phenoxy) is 1. The number of piperazine rings is 1. The van der Waals surface area contributed by atoms with Gasteiger partial charge in [-0.05, 0) is 31.0 Å². The molecule has 5 nitrogen and oxygen atoms in total. The quantitative estimate of drug-likeness (QED) is 0.847. The zero-order chi connectivity index (χ0) is 16.5. The molecule has 2 aliphatic rings. The van der Waals surface area contributed by atoms with Crippen LogP contribution in [0.3, 0.4) is 0 Å². The van der Waals surface area contributed by atoms with Crippen molar-refractivity contribution >= 4 is 22.5 Å². The minimum Gasteiger partial charge on any atom is -0.368 e. The van der Waals surface area contributed by atoms with Gasteiger partial charge in [0.2, 0.25) is 0 Å². The second-order valence-electron chi connectivity index (χ2n) is 6.31. The van der Waals surface area contributed by atoms with Crippen molar-refractivity contribution in [2.24, 2.45) is 0 Å². The summed E-state index contributed by atoms with van der Waals surface area (Å²) in [4.78, 5) is 20.8. The van der Waals surface area contributed by atoms with E-state index < -0.39 is 0 Å². The number of carbonyl (C=O) groups excluding carboxylic acids is 1. The van der Waals surface area contributed by atoms with Gasteiger partial charge in [0.05, 0.1) is 5.52 Å². The Morgan fingerprint density at radius 2 is 2.04 bits per heavy atom. The van der Waals surface area contributed by atoms with Crippen LogP contribution in [0.25, 0.3) is 10.9 Å². The average molecular weight is 329 g/mol. The minimum atomic E-state index is -0.279. The van der Waals surface area contributed by atoms with E-state index in [0.717, 1.165) is 37.0 Å². The number of rotatable bonds is 2. The molecule has 2 aromatic rings. The lowest BCUT2D eigenvalue weighted by Crippen LogP contribution is -2.51. The highest BCUT2D eigenvalue weighted by Crippen LogP contribution is 2.27. The fourth-order valence-corrected chi connectivity index (χ4v) is 3.53. The van der Waals surface area contributed by atoms with Crippen molar-refractivity contribution in [3.8, 4) is 0 Å². The summed E-state index contributed by atoms with van der Waals surface area (Å²) in [6.45, 7) is 3.58. The number of pyridine rings is 1. The van der Waals surface area contributed by atoms with Gasteiger partial charge >= 0.3 is 0 Å². The molecule has 2 aliphatic heterocycles. The second kappa shape index (κ2) is 6.36. The number of carbonyl (C=O) groups is 1. The first kappa shape index (κ1) is 15.3. The molecule has 2 fully saturated rings. The third-order valence-corrected chi connectivity index (χ3v) is 4.82. The number of amides is 1. The van der Waals surface area contributed by atoms with Crippen molar-refractivity contribution in [2.75, 3.05) is 37.7 Å². The molecule has 1 atom stereocenters. The molecule has 126 valence electrons. The highest BCUT2D eigenvalue weighted by Gasteiger charge is 2.30. The summed E-state index contributed by atoms with van der Waals surface area (Å²) in [6, 6.07) is 6.65. The maximum Gasteiger partial charge on any atom is 0.251 e. The van der Waals surface area contributed by atoms with Crippen molar-refractivity contribution < 1.29 is 13.9 Å². The summed E-state index contributed by atoms with van der Waals surface area (Å²) in [5, 5.41) is 0.942. The molecule has 0 bridgehead atoms. The van der Waals surface area contributed by atoms with Crippen molar-refractivity contribution in [3.63, 3.8) is 0 Å². The first-order chi connectivity index (χ1) is 11.7. The number of benzene rings is 1. The number of hydrogen-bond acceptors (Lipinski definition) is 4. The second-order valence-corrected chi connectivity index (χ2v) is 6.31. The lowest BCUT2D eigenvalue weighted by molar-refractivity contribution is -0.141. The van der Waals surface area contributed by atoms with Crippen LogP contribution in [0.1, 0.15) is 12.8 Å². The molecule has 0 spiro atoms. The van der Waals surface area contributed by atoms with Crippen LogP contribution in [-0.4, -0.2) is 54.7 Å². The highest BCUT2D eigenvalue weighted by atomic mass is 19.1. The third-order valence-electron chi connectivity index (χ3n) is 4.82. The largest absolute Gasteiger partial charge is 0.368 e. The maximum atomic E-state index is 13.4. The van der Waals surface area contributed by atoms with Gasteiger partial charge in [0.25, 0.3) is 5.91 Å². The maximum absolute atomic E-state index is 13.4. The zero-order valence-electron chi connectivity index (χ0n) is 13.4. The van der Waals surface area contributed by atoms with Gasteiger partial charge in [0, 0.05) is 56.1 Å². The van der Waals surface area contributed by atoms with Crippen LogP contribution >= 0.6 is 0 Å². The van der Waals surface area contributed by atoms with Crippen LogP contribution < -0.4 is 4.90 Å². The van der Waals surface area contributed by atoms with Crippen LogP contribution in [0.5, 0.6) is 0 Å². The molecule has 3 heterocycles. The molecule has 0 unspecified atom stereocenters. The number of anilines is 1. The van der Waals surface area contributed by atoms with Crippen molar-refractivity contribution in [1.29, 1.82) is 0 Å². The van der Waals surface area contributed by atoms with Crippen molar-refractivity contribution in [2.45, 2.75) is 18.9 Å². The van der Waals surface area contributed by atoms with E-state index in [-0.39, 0.29) is 17.8 Å². The summed E-state index contributed by atoms with van der Waals surface area (Å²) in [5.41, 5.74) is 1.70. The van der Waals surface area contributed by atoms with E-state index in [1.807, 2.05) is 11.0 Å². The molecule has 1 aromatic heterocycles. The Kier molecular flexibility index (Phi) is 4.06. The zero-order valence-corrected chi connectivity index (χ0v) is 13.4. The molecule has 1 aromatic carbocycles. The first-order valence-electron chi connectivity index (χ1n) is 8.42. The van der Waals surface area contributed by atoms with Crippen LogP contribution in [0, 0.1) is 5.82 Å². The number of aromatic nitrogens is 1. The van der Waals surface area contributed by atoms with Crippen LogP contribution in [0.2, 0.25) is 0 Å². The van der Waals surface area contributed by atoms with Gasteiger partial charge in [-0.1, -0.05) is 0 Å². The molecular weight excluding hydrogens is 309 g/mol. The highest BCUT2D eigenvalue weighted by molar-refractivity contribution is 5.91. The first-order valence-corrected chi connectivity index (χ1v) is 8.42. The van der Waals surface area contributed by atoms with Gasteiger partial charge in [-0.15, -0.1) is 0 Å². The monoisotopic (exact) mass is 329 g/mol. The molecule has 24 heavy (non-hydrogen) atoms. The SMILES string of the molecule is O=C([C@@H]1CCCO1)N1CCN(c2ccnc3cc(F)ccc23)CC1. The van der Waals surface area contributed by atoms with Gasteiger partial charge < -0.3 is 14.5 Å². The van der Waals surface area contributed by atoms with E-state index in [0.29, 0.717) is 25.2 Å². The lowest BCUT2D eigenvalue weighted by Gasteiger charge is -2.37. The van der Waals surface area contributed by atoms with Gasteiger partial charge in [-0.2, -0.15) is 0 Å². The Bertz CT molecular complexity index is 753. The Morgan fingerprint density at radius 1 is 1.21 bits per heavy atom. The Labute approximate surface area is 140 Å². The van der Waals surface area contributed by atoms with E-state index in [4.69, 9.17) is 4.74 Å². The molecule has 6 heteroatoms. The minimum absolute atomic E-state index is 0.119. The number of nitrogens with zero attached hydrogens (tertiary/aromatic N) is 3. The van der Waals surface area contributed by atoms with Gasteiger partial charge in [-0.25, -0.2) is 4.39 Å². The topological polar surface area (TPSA) is 45.7 Å². The van der Waals surface area contributed by atoms with E-state index in [1.165, 1.54) is 12.1 Å². The average Bonchev–Trinajstić information content (AvgIpc) is 3.15. The summed E-state index contributed by atoms with van der Waals surface area (Å²) in [6.07, 6.45) is 3.26. The fraction of sp³-hybridized carbons (Fsp3) is 0.444. The van der Waals surface area contributed by atoms with E-state index in [2.05, 4.69) is 9.88 Å². The van der Waals surface area contributed by atoms with E-state index in [9.17, 15) is 9.18 Å². The standard InChI is InChI=1S/C18H20FN3O2/c19-13-3-4-14-15(12-13)20-6-5-16(14)21-7-9-22(10-8-21)18(23)17-2-1-11-24-17/h3-6,12,17H,1-2,7-11H2/t17-/m0/s1. The Hall–Kier alpha value is -2.21. The Morgan fingerprint density at radius 3 is 2.79 bits per heavy atom. The predicted molar refractivity (Wildman–Crippen MR) is 89.5 cm³/mol. The van der Waals surface area contributed by atoms with Gasteiger partial charge in [0.1, 0.15) is 11.9 Å². The van der Waals surface area contributed by atoms with Crippen LogP contribution in [0.4, 0.5) is 10.1 Å². The summed E-state index contributed by atoms with van der Waals surface area (Å²) in [7, 11) is 0. The number of hydrogen-bond donors (Lipinski definition) is 0. The molecule has 1 amide bonds. The molecule has 2 saturated heterocycles. The smallest absolute Gasteiger partial charge is 0.251 e. The summed E-state index contributed by atoms with van der Waals surface area (Å²) in [5.74, 6) is -0.159. The summed E-state index contributed by atoms with van der Waals surface area (Å²) >= 11 is 0. The third kappa shape index (κ3) is 2.82. The number of fused-ring (bicyclic) bond motifs is 1. The lowest BCUT2D eigenvalue weighted by atomic mass is 10.1.